The van der Waals surface area contributed by atoms with Gasteiger partial charge in [-0.3, -0.25) is 4.57 Å². The Hall–Kier alpha value is -7.82. The third-order valence-electron chi connectivity index (χ3n) is 11.7. The molecule has 0 unspecified atom stereocenters. The summed E-state index contributed by atoms with van der Waals surface area (Å²) in [6, 6.07) is 73.8. The molecule has 0 spiro atoms. The van der Waals surface area contributed by atoms with E-state index in [-0.39, 0.29) is 0 Å². The lowest BCUT2D eigenvalue weighted by Crippen LogP contribution is -2.03. The molecule has 0 fully saturated rings. The molecule has 0 aliphatic heterocycles. The van der Waals surface area contributed by atoms with Gasteiger partial charge in [0.2, 0.25) is 5.95 Å². The van der Waals surface area contributed by atoms with Gasteiger partial charge in [0.1, 0.15) is 0 Å². The summed E-state index contributed by atoms with van der Waals surface area (Å²) in [6.45, 7) is 0. The summed E-state index contributed by atoms with van der Waals surface area (Å²) < 4.78 is 4.65. The van der Waals surface area contributed by atoms with Crippen molar-refractivity contribution in [3.8, 4) is 45.1 Å². The Morgan fingerprint density at radius 2 is 0.862 bits per heavy atom. The fourth-order valence-electron chi connectivity index (χ4n) is 9.01. The van der Waals surface area contributed by atoms with Crippen LogP contribution in [0.15, 0.2) is 206 Å². The van der Waals surface area contributed by atoms with Crippen molar-refractivity contribution in [1.29, 1.82) is 0 Å². The molecule has 0 amide bonds. The van der Waals surface area contributed by atoms with E-state index in [0.29, 0.717) is 5.95 Å². The van der Waals surface area contributed by atoms with E-state index in [9.17, 15) is 0 Å². The lowest BCUT2D eigenvalue weighted by Gasteiger charge is -2.13. The summed E-state index contributed by atoms with van der Waals surface area (Å²) >= 11 is 0. The molecule has 4 heteroatoms. The van der Waals surface area contributed by atoms with Gasteiger partial charge < -0.3 is 4.57 Å². The Labute approximate surface area is 334 Å². The first-order valence-electron chi connectivity index (χ1n) is 19.7. The average Bonchev–Trinajstić information content (AvgIpc) is 3.82. The number of hydrogen-bond donors (Lipinski definition) is 0. The van der Waals surface area contributed by atoms with Crippen molar-refractivity contribution in [2.75, 3.05) is 0 Å². The highest BCUT2D eigenvalue weighted by atomic mass is 15.2. The number of para-hydroxylation sites is 3. The van der Waals surface area contributed by atoms with E-state index in [4.69, 9.17) is 9.97 Å². The van der Waals surface area contributed by atoms with Crippen LogP contribution in [0.25, 0.3) is 110 Å². The second-order valence-electron chi connectivity index (χ2n) is 15.0. The zero-order chi connectivity index (χ0) is 38.2. The van der Waals surface area contributed by atoms with Gasteiger partial charge in [-0.2, -0.15) is 0 Å². The molecule has 9 aromatic carbocycles. The van der Waals surface area contributed by atoms with Gasteiger partial charge in [-0.15, -0.1) is 0 Å². The molecule has 12 aromatic rings. The number of benzene rings is 9. The van der Waals surface area contributed by atoms with E-state index >= 15 is 0 Å². The summed E-state index contributed by atoms with van der Waals surface area (Å²) in [5.74, 6) is 0.653. The highest BCUT2D eigenvalue weighted by Crippen LogP contribution is 2.41. The lowest BCUT2D eigenvalue weighted by molar-refractivity contribution is 1.02. The van der Waals surface area contributed by atoms with Gasteiger partial charge in [0.25, 0.3) is 0 Å². The Morgan fingerprint density at radius 3 is 1.64 bits per heavy atom. The minimum absolute atomic E-state index is 0.653. The summed E-state index contributed by atoms with van der Waals surface area (Å²) in [7, 11) is 0. The topological polar surface area (TPSA) is 35.6 Å². The van der Waals surface area contributed by atoms with Gasteiger partial charge in [0.05, 0.1) is 33.3 Å². The quantitative estimate of drug-likeness (QED) is 0.176. The maximum atomic E-state index is 5.44. The van der Waals surface area contributed by atoms with Crippen LogP contribution in [0.4, 0.5) is 0 Å². The summed E-state index contributed by atoms with van der Waals surface area (Å²) in [6.07, 6.45) is 0. The summed E-state index contributed by atoms with van der Waals surface area (Å²) in [4.78, 5) is 10.7. The van der Waals surface area contributed by atoms with Gasteiger partial charge in [0, 0.05) is 43.6 Å². The molecule has 12 rings (SSSR count). The molecule has 0 saturated heterocycles. The molecule has 0 atom stereocenters. The molecule has 0 radical (unpaired) electrons. The average molecular weight is 739 g/mol. The molecular formula is C54H34N4. The van der Waals surface area contributed by atoms with Crippen LogP contribution >= 0.6 is 0 Å². The molecule has 0 saturated carbocycles. The second-order valence-corrected chi connectivity index (χ2v) is 15.0. The smallest absolute Gasteiger partial charge is 0.235 e. The molecule has 270 valence electrons. The molecule has 4 nitrogen and oxygen atoms in total. The predicted molar refractivity (Wildman–Crippen MR) is 242 cm³/mol. The van der Waals surface area contributed by atoms with Gasteiger partial charge in [-0.1, -0.05) is 158 Å². The van der Waals surface area contributed by atoms with E-state index < -0.39 is 0 Å². The SMILES string of the molecule is c1ccc(-c2ccc(-c3nc(-n4c5ccc(-c6ccc7c(c6)c6ccccc6n7-c6ccccc6)cc5c5ccc6ccccc6c54)nc4ccccc34)cc2)cc1. The van der Waals surface area contributed by atoms with Crippen molar-refractivity contribution in [3.63, 3.8) is 0 Å². The van der Waals surface area contributed by atoms with Gasteiger partial charge in [-0.05, 0) is 76.2 Å². The maximum absolute atomic E-state index is 5.44. The van der Waals surface area contributed by atoms with Crippen molar-refractivity contribution < 1.29 is 0 Å². The van der Waals surface area contributed by atoms with Crippen molar-refractivity contribution in [3.05, 3.63) is 206 Å². The summed E-state index contributed by atoms with van der Waals surface area (Å²) in [5, 5.41) is 8.18. The van der Waals surface area contributed by atoms with Gasteiger partial charge >= 0.3 is 0 Å². The van der Waals surface area contributed by atoms with Crippen LogP contribution in [0.2, 0.25) is 0 Å². The van der Waals surface area contributed by atoms with Crippen LogP contribution < -0.4 is 0 Å². The number of rotatable bonds is 5. The normalized spacial score (nSPS) is 11.8. The Morgan fingerprint density at radius 1 is 0.310 bits per heavy atom. The highest BCUT2D eigenvalue weighted by Gasteiger charge is 2.20. The molecule has 0 aliphatic carbocycles. The Bertz CT molecular complexity index is 3540. The largest absolute Gasteiger partial charge is 0.309 e. The zero-order valence-electron chi connectivity index (χ0n) is 31.4. The van der Waals surface area contributed by atoms with Crippen LogP contribution in [0, 0.1) is 0 Å². The van der Waals surface area contributed by atoms with Crippen molar-refractivity contribution >= 4 is 65.3 Å². The molecule has 3 heterocycles. The van der Waals surface area contributed by atoms with Crippen molar-refractivity contribution in [2.45, 2.75) is 0 Å². The molecule has 3 aromatic heterocycles. The van der Waals surface area contributed by atoms with Crippen molar-refractivity contribution in [1.82, 2.24) is 19.1 Å². The third-order valence-corrected chi connectivity index (χ3v) is 11.7. The fraction of sp³-hybridized carbons (Fsp3) is 0. The first-order chi connectivity index (χ1) is 28.8. The van der Waals surface area contributed by atoms with E-state index in [2.05, 4.69) is 215 Å². The zero-order valence-corrected chi connectivity index (χ0v) is 31.4. The molecule has 58 heavy (non-hydrogen) atoms. The van der Waals surface area contributed by atoms with Gasteiger partial charge in [0.15, 0.2) is 0 Å². The lowest BCUT2D eigenvalue weighted by atomic mass is 10.00. The van der Waals surface area contributed by atoms with E-state index in [1.165, 1.54) is 54.7 Å². The monoisotopic (exact) mass is 738 g/mol. The first-order valence-corrected chi connectivity index (χ1v) is 19.7. The molecule has 0 bridgehead atoms. The van der Waals surface area contributed by atoms with Crippen LogP contribution in [0.5, 0.6) is 0 Å². The van der Waals surface area contributed by atoms with E-state index in [1.54, 1.807) is 0 Å². The minimum Gasteiger partial charge on any atom is -0.309 e. The van der Waals surface area contributed by atoms with Crippen LogP contribution in [0.1, 0.15) is 0 Å². The predicted octanol–water partition coefficient (Wildman–Crippen LogP) is 14.0. The second kappa shape index (κ2) is 12.9. The number of nitrogens with zero attached hydrogens (tertiary/aromatic N) is 4. The standard InChI is InChI=1S/C54H34N4/c1-3-13-35(14-4-1)36-23-25-38(26-24-36)52-45-20-9-11-21-48(45)55-54(56-52)58-51-32-29-40(34-47(51)44-30-27-37-15-7-8-18-42(37)53(44)58)39-28-31-50-46(33-39)43-19-10-12-22-49(43)57(50)41-16-5-2-6-17-41/h1-34H. The molecular weight excluding hydrogens is 705 g/mol. The fourth-order valence-corrected chi connectivity index (χ4v) is 9.01. The Balaban J connectivity index is 1.07. The highest BCUT2D eigenvalue weighted by molar-refractivity contribution is 6.19. The van der Waals surface area contributed by atoms with E-state index in [1.807, 2.05) is 0 Å². The number of aromatic nitrogens is 4. The maximum Gasteiger partial charge on any atom is 0.235 e. The Kier molecular flexibility index (Phi) is 7.20. The molecule has 0 N–H and O–H groups in total. The first kappa shape index (κ1) is 32.4. The van der Waals surface area contributed by atoms with Gasteiger partial charge in [-0.25, -0.2) is 9.97 Å². The number of hydrogen-bond acceptors (Lipinski definition) is 2. The van der Waals surface area contributed by atoms with Crippen LogP contribution in [-0.4, -0.2) is 19.1 Å². The summed E-state index contributed by atoms with van der Waals surface area (Å²) in [5.41, 5.74) is 13.3. The van der Waals surface area contributed by atoms with E-state index in [0.717, 1.165) is 49.8 Å². The number of fused-ring (bicyclic) bond motifs is 9. The third kappa shape index (κ3) is 5.02. The molecule has 0 aliphatic rings. The van der Waals surface area contributed by atoms with Crippen LogP contribution in [-0.2, 0) is 0 Å². The van der Waals surface area contributed by atoms with Crippen molar-refractivity contribution in [2.24, 2.45) is 0 Å². The van der Waals surface area contributed by atoms with Crippen LogP contribution in [0.3, 0.4) is 0 Å². The minimum atomic E-state index is 0.653.